The van der Waals surface area contributed by atoms with E-state index in [9.17, 15) is 0 Å². The van der Waals surface area contributed by atoms with Gasteiger partial charge in [0, 0.05) is 11.4 Å². The second kappa shape index (κ2) is 13.0. The van der Waals surface area contributed by atoms with Crippen molar-refractivity contribution in [3.63, 3.8) is 0 Å². The Bertz CT molecular complexity index is 1070. The molecule has 4 nitrogen and oxygen atoms in total. The highest BCUT2D eigenvalue weighted by Gasteiger charge is 2.59. The first-order valence-corrected chi connectivity index (χ1v) is 16.8. The molecule has 5 rings (SSSR count). The number of hydrogen-bond acceptors (Lipinski definition) is 4. The topological polar surface area (TPSA) is 87.3 Å². The molecule has 1 aromatic rings. The van der Waals surface area contributed by atoms with Gasteiger partial charge in [-0.05, 0) is 129 Å². The highest BCUT2D eigenvalue weighted by atomic mass is 16.5. The maximum absolute atomic E-state index is 6.43. The van der Waals surface area contributed by atoms with Gasteiger partial charge in [0.25, 0.3) is 0 Å². The van der Waals surface area contributed by atoms with Crippen LogP contribution in [0.2, 0.25) is 0 Å². The Balaban J connectivity index is 0.000000714. The van der Waals surface area contributed by atoms with Crippen molar-refractivity contribution in [1.29, 1.82) is 0 Å². The van der Waals surface area contributed by atoms with Crippen LogP contribution in [-0.4, -0.2) is 6.10 Å². The number of allylic oxidation sites excluding steroid dienone is 4. The third-order valence-electron chi connectivity index (χ3n) is 12.1. The van der Waals surface area contributed by atoms with Crippen molar-refractivity contribution < 1.29 is 4.74 Å². The number of nitrogen functional groups attached to an aromatic ring is 2. The van der Waals surface area contributed by atoms with Crippen LogP contribution in [0.3, 0.4) is 0 Å². The van der Waals surface area contributed by atoms with Gasteiger partial charge in [0.15, 0.2) is 0 Å². The molecule has 0 spiro atoms. The predicted molar refractivity (Wildman–Crippen MR) is 176 cm³/mol. The lowest BCUT2D eigenvalue weighted by molar-refractivity contribution is -0.0782. The largest absolute Gasteiger partial charge is 0.488 e. The predicted octanol–water partition coefficient (Wildman–Crippen LogP) is 9.36. The lowest BCUT2D eigenvalue weighted by Crippen LogP contribution is -2.52. The maximum atomic E-state index is 6.43. The molecule has 0 heterocycles. The van der Waals surface area contributed by atoms with E-state index < -0.39 is 0 Å². The Labute approximate surface area is 251 Å². The van der Waals surface area contributed by atoms with Gasteiger partial charge in [0.2, 0.25) is 0 Å². The molecule has 41 heavy (non-hydrogen) atoms. The maximum Gasteiger partial charge on any atom is 0.142 e. The molecule has 0 saturated heterocycles. The first-order chi connectivity index (χ1) is 19.4. The van der Waals surface area contributed by atoms with Gasteiger partial charge in [-0.25, -0.2) is 0 Å². The van der Waals surface area contributed by atoms with Crippen LogP contribution in [0.4, 0.5) is 11.4 Å². The molecule has 3 fully saturated rings. The molecule has 230 valence electrons. The quantitative estimate of drug-likeness (QED) is 0.228. The molecule has 9 unspecified atom stereocenters. The lowest BCUT2D eigenvalue weighted by Gasteiger charge is -2.59. The zero-order chi connectivity index (χ0) is 29.9. The van der Waals surface area contributed by atoms with Crippen LogP contribution in [0.1, 0.15) is 113 Å². The minimum absolute atomic E-state index is 0.242. The number of hydrogen-bond donors (Lipinski definition) is 3. The average molecular weight is 564 g/mol. The zero-order valence-corrected chi connectivity index (χ0v) is 27.3. The fourth-order valence-corrected chi connectivity index (χ4v) is 9.57. The number of rotatable bonds is 7. The Kier molecular flexibility index (Phi) is 10.1. The fourth-order valence-electron chi connectivity index (χ4n) is 9.57. The molecule has 0 amide bonds. The summed E-state index contributed by atoms with van der Waals surface area (Å²) in [5.41, 5.74) is 20.4. The molecule has 0 aromatic heterocycles. The molecule has 4 heteroatoms. The van der Waals surface area contributed by atoms with E-state index >= 15 is 0 Å². The molecule has 1 aromatic carbocycles. The van der Waals surface area contributed by atoms with Gasteiger partial charge < -0.3 is 21.9 Å². The van der Waals surface area contributed by atoms with Gasteiger partial charge in [0.05, 0.1) is 11.8 Å². The molecule has 4 aliphatic carbocycles. The fraction of sp³-hybridized carbons (Fsp3) is 0.730. The first kappa shape index (κ1) is 31.8. The van der Waals surface area contributed by atoms with Gasteiger partial charge in [-0.3, -0.25) is 0 Å². The van der Waals surface area contributed by atoms with Gasteiger partial charge >= 0.3 is 0 Å². The van der Waals surface area contributed by atoms with Crippen molar-refractivity contribution in [1.82, 2.24) is 0 Å². The van der Waals surface area contributed by atoms with Crippen LogP contribution in [0.15, 0.2) is 42.1 Å². The summed E-state index contributed by atoms with van der Waals surface area (Å²) in [6, 6.07) is 5.64. The second-order valence-electron chi connectivity index (χ2n) is 15.2. The SMILES string of the molecule is C/C=C(\C)N.CC(C)CCCC(C)C1CCC2C3C=CC4CC(Oc5ccc(N)cc5N)CCC4(C)C3CCC12C. The van der Waals surface area contributed by atoms with E-state index in [2.05, 4.69) is 46.8 Å². The smallest absolute Gasteiger partial charge is 0.142 e. The summed E-state index contributed by atoms with van der Waals surface area (Å²) in [5.74, 6) is 6.54. The van der Waals surface area contributed by atoms with Gasteiger partial charge in [-0.2, -0.15) is 0 Å². The van der Waals surface area contributed by atoms with E-state index in [0.29, 0.717) is 28.1 Å². The summed E-state index contributed by atoms with van der Waals surface area (Å²) in [4.78, 5) is 0. The normalized spacial score (nSPS) is 36.9. The Morgan fingerprint density at radius 1 is 0.976 bits per heavy atom. The number of nitrogens with two attached hydrogens (primary N) is 3. The van der Waals surface area contributed by atoms with Gasteiger partial charge in [0.1, 0.15) is 5.75 Å². The monoisotopic (exact) mass is 563 g/mol. The van der Waals surface area contributed by atoms with E-state index in [0.717, 1.165) is 59.8 Å². The lowest BCUT2D eigenvalue weighted by atomic mass is 9.46. The Morgan fingerprint density at radius 2 is 1.66 bits per heavy atom. The molecular formula is C37H61N3O. The summed E-state index contributed by atoms with van der Waals surface area (Å²) < 4.78 is 6.43. The van der Waals surface area contributed by atoms with Crippen molar-refractivity contribution in [3.8, 4) is 5.75 Å². The number of benzene rings is 1. The average Bonchev–Trinajstić information content (AvgIpc) is 3.28. The van der Waals surface area contributed by atoms with Crippen LogP contribution < -0.4 is 21.9 Å². The van der Waals surface area contributed by atoms with Crippen LogP contribution in [0.25, 0.3) is 0 Å². The van der Waals surface area contributed by atoms with Gasteiger partial charge in [-0.15, -0.1) is 0 Å². The zero-order valence-electron chi connectivity index (χ0n) is 27.3. The van der Waals surface area contributed by atoms with Crippen molar-refractivity contribution in [2.24, 2.45) is 58.0 Å². The molecule has 3 saturated carbocycles. The highest BCUT2D eigenvalue weighted by Crippen LogP contribution is 2.67. The van der Waals surface area contributed by atoms with Crippen LogP contribution in [-0.2, 0) is 0 Å². The molecule has 6 N–H and O–H groups in total. The minimum atomic E-state index is 0.242. The Hall–Kier alpha value is -2.10. The highest BCUT2D eigenvalue weighted by molar-refractivity contribution is 5.60. The third-order valence-corrected chi connectivity index (χ3v) is 12.1. The summed E-state index contributed by atoms with van der Waals surface area (Å²) in [6.45, 7) is 16.4. The first-order valence-electron chi connectivity index (χ1n) is 16.8. The number of ether oxygens (including phenoxy) is 1. The minimum Gasteiger partial charge on any atom is -0.488 e. The van der Waals surface area contributed by atoms with E-state index in [-0.39, 0.29) is 6.10 Å². The van der Waals surface area contributed by atoms with Crippen LogP contribution in [0.5, 0.6) is 5.75 Å². The molecule has 0 bridgehead atoms. The number of fused-ring (bicyclic) bond motifs is 5. The van der Waals surface area contributed by atoms with Crippen molar-refractivity contribution in [2.75, 3.05) is 11.5 Å². The van der Waals surface area contributed by atoms with Crippen molar-refractivity contribution >= 4 is 11.4 Å². The summed E-state index contributed by atoms with van der Waals surface area (Å²) >= 11 is 0. The molecule has 4 aliphatic rings. The molecule has 0 radical (unpaired) electrons. The standard InChI is InChI=1S/C33H52N2O.C4H9N/c1-21(2)7-6-8-22(3)27-12-13-28-26-11-9-23-19-25(36-31-14-10-24(34)20-30(31)35)15-17-32(23,4)29(26)16-18-33(27,28)5;1-3-4(2)5/h9-11,14,20-23,25-29H,6-8,12-13,15-19,34-35H2,1-5H3;3H,5H2,1-2H3/b;4-3+. The van der Waals surface area contributed by atoms with E-state index in [1.54, 1.807) is 0 Å². The van der Waals surface area contributed by atoms with E-state index in [1.165, 1.54) is 51.4 Å². The van der Waals surface area contributed by atoms with E-state index in [4.69, 9.17) is 21.9 Å². The second-order valence-corrected chi connectivity index (χ2v) is 15.2. The van der Waals surface area contributed by atoms with Crippen molar-refractivity contribution in [3.05, 3.63) is 42.1 Å². The molecular weight excluding hydrogens is 502 g/mol. The van der Waals surface area contributed by atoms with Crippen LogP contribution >= 0.6 is 0 Å². The third kappa shape index (κ3) is 6.78. The summed E-state index contributed by atoms with van der Waals surface area (Å²) in [6.07, 6.45) is 20.9. The summed E-state index contributed by atoms with van der Waals surface area (Å²) in [7, 11) is 0. The van der Waals surface area contributed by atoms with Crippen LogP contribution in [0, 0.1) is 52.3 Å². The number of anilines is 2. The molecule has 0 aliphatic heterocycles. The molecule has 9 atom stereocenters. The van der Waals surface area contributed by atoms with E-state index in [1.807, 2.05) is 38.1 Å². The van der Waals surface area contributed by atoms with Crippen molar-refractivity contribution in [2.45, 2.75) is 119 Å². The summed E-state index contributed by atoms with van der Waals surface area (Å²) in [5, 5.41) is 0. The van der Waals surface area contributed by atoms with Gasteiger partial charge in [-0.1, -0.05) is 72.1 Å². The Morgan fingerprint density at radius 3 is 2.32 bits per heavy atom.